The third kappa shape index (κ3) is 4.38. The summed E-state index contributed by atoms with van der Waals surface area (Å²) in [6, 6.07) is 64.8. The van der Waals surface area contributed by atoms with Gasteiger partial charge in [0.25, 0.3) is 0 Å². The van der Waals surface area contributed by atoms with E-state index in [0.29, 0.717) is 0 Å². The molecular formula is C55H36S2. The molecule has 1 spiro atoms. The summed E-state index contributed by atoms with van der Waals surface area (Å²) in [5.41, 5.74) is 14.0. The first-order valence-corrected chi connectivity index (χ1v) is 21.9. The summed E-state index contributed by atoms with van der Waals surface area (Å²) in [6.07, 6.45) is 4.94. The second kappa shape index (κ2) is 12.0. The van der Waals surface area contributed by atoms with Crippen LogP contribution < -0.4 is 0 Å². The van der Waals surface area contributed by atoms with Crippen molar-refractivity contribution >= 4 is 84.6 Å². The highest BCUT2D eigenvalue weighted by atomic mass is 32.1. The molecular weight excluding hydrogens is 725 g/mol. The zero-order chi connectivity index (χ0) is 37.2. The van der Waals surface area contributed by atoms with E-state index < -0.39 is 0 Å². The fourth-order valence-corrected chi connectivity index (χ4v) is 13.6. The van der Waals surface area contributed by atoms with Crippen LogP contribution in [0.15, 0.2) is 170 Å². The Balaban J connectivity index is 1.18. The number of rotatable bonds is 3. The van der Waals surface area contributed by atoms with Gasteiger partial charge in [-0.15, -0.1) is 22.7 Å². The summed E-state index contributed by atoms with van der Waals surface area (Å²) in [7, 11) is 0. The van der Waals surface area contributed by atoms with Crippen molar-refractivity contribution in [3.8, 4) is 44.5 Å². The molecule has 9 aromatic carbocycles. The quantitative estimate of drug-likeness (QED) is 0.157. The molecule has 2 aliphatic rings. The van der Waals surface area contributed by atoms with Crippen molar-refractivity contribution in [2.75, 3.05) is 0 Å². The molecule has 2 heterocycles. The number of hydrogen-bond donors (Lipinski definition) is 0. The highest BCUT2D eigenvalue weighted by Gasteiger charge is 2.46. The van der Waals surface area contributed by atoms with E-state index in [1.54, 1.807) is 5.56 Å². The summed E-state index contributed by atoms with van der Waals surface area (Å²) in [5, 5.41) is 10.6. The minimum atomic E-state index is 0.0393. The van der Waals surface area contributed by atoms with E-state index in [4.69, 9.17) is 0 Å². The molecule has 0 nitrogen and oxygen atoms in total. The van der Waals surface area contributed by atoms with Crippen molar-refractivity contribution in [1.82, 2.24) is 0 Å². The summed E-state index contributed by atoms with van der Waals surface area (Å²) < 4.78 is 5.40. The monoisotopic (exact) mass is 760 g/mol. The van der Waals surface area contributed by atoms with Gasteiger partial charge in [0.15, 0.2) is 0 Å². The van der Waals surface area contributed by atoms with Gasteiger partial charge in [-0.25, -0.2) is 0 Å². The van der Waals surface area contributed by atoms with Crippen LogP contribution in [-0.2, 0) is 5.41 Å². The molecule has 1 saturated carbocycles. The minimum Gasteiger partial charge on any atom is -0.135 e. The lowest BCUT2D eigenvalue weighted by Gasteiger charge is -2.30. The van der Waals surface area contributed by atoms with Gasteiger partial charge in [0.05, 0.1) is 0 Å². The van der Waals surface area contributed by atoms with Crippen LogP contribution in [0.25, 0.3) is 106 Å². The van der Waals surface area contributed by atoms with E-state index in [1.807, 2.05) is 22.7 Å². The first-order valence-electron chi connectivity index (χ1n) is 20.3. The van der Waals surface area contributed by atoms with Gasteiger partial charge < -0.3 is 0 Å². The van der Waals surface area contributed by atoms with Crippen LogP contribution in [0.2, 0.25) is 0 Å². The van der Waals surface area contributed by atoms with Crippen LogP contribution in [0.3, 0.4) is 0 Å². The van der Waals surface area contributed by atoms with E-state index in [-0.39, 0.29) is 5.41 Å². The molecule has 2 aliphatic carbocycles. The Morgan fingerprint density at radius 1 is 0.333 bits per heavy atom. The van der Waals surface area contributed by atoms with Gasteiger partial charge in [-0.05, 0) is 97.1 Å². The largest absolute Gasteiger partial charge is 0.135 e. The SMILES string of the molecule is c1ccc2c(c1)-c1cccc(-c3c4cccc(-c5cccc6c5sc5ccccc56)c4cc4c(-c5cccc6c5sc5ccccc56)cccc34)c1C21CCCC1. The second-order valence-electron chi connectivity index (χ2n) is 16.2. The number of benzene rings is 9. The van der Waals surface area contributed by atoms with Crippen molar-refractivity contribution in [2.24, 2.45) is 0 Å². The molecule has 0 unspecified atom stereocenters. The summed E-state index contributed by atoms with van der Waals surface area (Å²) in [6.45, 7) is 0. The van der Waals surface area contributed by atoms with Gasteiger partial charge in [0.2, 0.25) is 0 Å². The lowest BCUT2D eigenvalue weighted by molar-refractivity contribution is 0.551. The average Bonchev–Trinajstić information content (AvgIpc) is 4.06. The Morgan fingerprint density at radius 2 is 0.772 bits per heavy atom. The van der Waals surface area contributed by atoms with Crippen molar-refractivity contribution in [1.29, 1.82) is 0 Å². The minimum absolute atomic E-state index is 0.0393. The van der Waals surface area contributed by atoms with E-state index in [9.17, 15) is 0 Å². The molecule has 0 radical (unpaired) electrons. The van der Waals surface area contributed by atoms with E-state index in [2.05, 4.69) is 170 Å². The molecule has 2 heteroatoms. The van der Waals surface area contributed by atoms with Gasteiger partial charge in [0, 0.05) is 56.9 Å². The Kier molecular flexibility index (Phi) is 6.74. The fourth-order valence-electron chi connectivity index (χ4n) is 11.1. The molecule has 0 aliphatic heterocycles. The van der Waals surface area contributed by atoms with Gasteiger partial charge in [-0.1, -0.05) is 165 Å². The highest BCUT2D eigenvalue weighted by molar-refractivity contribution is 7.26. The molecule has 268 valence electrons. The Bertz CT molecular complexity index is 3310. The molecule has 13 rings (SSSR count). The average molecular weight is 761 g/mol. The number of fused-ring (bicyclic) bond motifs is 13. The molecule has 11 aromatic rings. The van der Waals surface area contributed by atoms with Crippen LogP contribution in [0.1, 0.15) is 36.8 Å². The first-order chi connectivity index (χ1) is 28.3. The fraction of sp³-hybridized carbons (Fsp3) is 0.0909. The maximum absolute atomic E-state index is 2.54. The Morgan fingerprint density at radius 3 is 1.39 bits per heavy atom. The normalized spacial score (nSPS) is 14.5. The zero-order valence-electron chi connectivity index (χ0n) is 31.3. The first kappa shape index (κ1) is 32.1. The maximum atomic E-state index is 2.54. The van der Waals surface area contributed by atoms with Gasteiger partial charge in [-0.2, -0.15) is 0 Å². The summed E-state index contributed by atoms with van der Waals surface area (Å²) in [5.74, 6) is 0. The number of thiophene rings is 2. The molecule has 0 saturated heterocycles. The van der Waals surface area contributed by atoms with Crippen molar-refractivity contribution < 1.29 is 0 Å². The predicted molar refractivity (Wildman–Crippen MR) is 248 cm³/mol. The third-order valence-corrected chi connectivity index (χ3v) is 15.9. The van der Waals surface area contributed by atoms with Crippen molar-refractivity contribution in [3.05, 3.63) is 181 Å². The van der Waals surface area contributed by atoms with E-state index >= 15 is 0 Å². The zero-order valence-corrected chi connectivity index (χ0v) is 32.9. The smallest absolute Gasteiger partial charge is 0.0434 e. The molecule has 0 atom stereocenters. The summed E-state index contributed by atoms with van der Waals surface area (Å²) >= 11 is 3.85. The predicted octanol–water partition coefficient (Wildman–Crippen LogP) is 16.6. The molecule has 1 fully saturated rings. The topological polar surface area (TPSA) is 0 Å². The van der Waals surface area contributed by atoms with Gasteiger partial charge in [-0.3, -0.25) is 0 Å². The molecule has 0 N–H and O–H groups in total. The third-order valence-electron chi connectivity index (χ3n) is 13.4. The highest BCUT2D eigenvalue weighted by Crippen LogP contribution is 2.60. The summed E-state index contributed by atoms with van der Waals surface area (Å²) in [4.78, 5) is 0. The Hall–Kier alpha value is -6.06. The molecule has 2 aromatic heterocycles. The van der Waals surface area contributed by atoms with Crippen molar-refractivity contribution in [2.45, 2.75) is 31.1 Å². The lowest BCUT2D eigenvalue weighted by atomic mass is 9.73. The van der Waals surface area contributed by atoms with Gasteiger partial charge in [0.1, 0.15) is 0 Å². The molecule has 0 amide bonds. The van der Waals surface area contributed by atoms with Crippen LogP contribution in [0.4, 0.5) is 0 Å². The van der Waals surface area contributed by atoms with Crippen LogP contribution >= 0.6 is 22.7 Å². The Labute approximate surface area is 339 Å². The van der Waals surface area contributed by atoms with Crippen LogP contribution in [-0.4, -0.2) is 0 Å². The molecule has 57 heavy (non-hydrogen) atoms. The van der Waals surface area contributed by atoms with Crippen LogP contribution in [0.5, 0.6) is 0 Å². The van der Waals surface area contributed by atoms with Gasteiger partial charge >= 0.3 is 0 Å². The number of hydrogen-bond acceptors (Lipinski definition) is 2. The van der Waals surface area contributed by atoms with E-state index in [1.165, 1.54) is 138 Å². The molecule has 0 bridgehead atoms. The lowest BCUT2D eigenvalue weighted by Crippen LogP contribution is -2.21. The van der Waals surface area contributed by atoms with Crippen molar-refractivity contribution in [3.63, 3.8) is 0 Å². The van der Waals surface area contributed by atoms with Crippen LogP contribution in [0, 0.1) is 0 Å². The van der Waals surface area contributed by atoms with E-state index in [0.717, 1.165) is 0 Å². The maximum Gasteiger partial charge on any atom is 0.0434 e. The second-order valence-corrected chi connectivity index (χ2v) is 18.3. The standard InChI is InChI=1S/C55H36S2/c1-4-27-48-35(14-1)40-21-11-26-45(52(40)55(48)30-7-8-31-55)51-38-19-9-17-33(41-22-12-24-43-36-15-2-5-28-49(36)56-53(41)43)46(38)32-47-34(18-10-20-39(47)51)42-23-13-25-44-37-16-3-6-29-50(37)57-54(42)44/h1-6,9-29,32H,7-8,30-31H2.